The van der Waals surface area contributed by atoms with Crippen molar-refractivity contribution in [2.75, 3.05) is 24.3 Å². The summed E-state index contributed by atoms with van der Waals surface area (Å²) in [6, 6.07) is 19.4. The smallest absolute Gasteiger partial charge is 0.408 e. The molecule has 1 saturated heterocycles. The van der Waals surface area contributed by atoms with Gasteiger partial charge in [0.25, 0.3) is 5.91 Å². The monoisotopic (exact) mass is 803 g/mol. The number of nitrogens with zero attached hydrogens (tertiary/aromatic N) is 4. The highest BCUT2D eigenvalue weighted by molar-refractivity contribution is 8.00. The van der Waals surface area contributed by atoms with Gasteiger partial charge in [-0.3, -0.25) is 24.2 Å². The second-order valence-corrected chi connectivity index (χ2v) is 13.3. The Bertz CT molecular complexity index is 1690. The molecule has 49 heavy (non-hydrogen) atoms. The van der Waals surface area contributed by atoms with E-state index in [0.717, 1.165) is 11.1 Å². The maximum absolute atomic E-state index is 14.3. The summed E-state index contributed by atoms with van der Waals surface area (Å²) < 4.78 is 19.7. The predicted molar refractivity (Wildman–Crippen MR) is 175 cm³/mol. The molecule has 1 N–H and O–H groups in total. The van der Waals surface area contributed by atoms with Crippen molar-refractivity contribution in [1.82, 2.24) is 14.9 Å². The normalized spacial score (nSPS) is 16.9. The average molecular weight is 804 g/mol. The van der Waals surface area contributed by atoms with Gasteiger partial charge in [-0.25, -0.2) is 9.59 Å². The van der Waals surface area contributed by atoms with Crippen molar-refractivity contribution in [3.63, 3.8) is 0 Å². The first-order valence-corrected chi connectivity index (χ1v) is 16.3. The summed E-state index contributed by atoms with van der Waals surface area (Å²) >= 11 is 1.40. The molecule has 2 aliphatic heterocycles. The predicted octanol–water partition coefficient (Wildman–Crippen LogP) is -0.152. The van der Waals surface area contributed by atoms with Gasteiger partial charge in [-0.15, -0.1) is 21.1 Å². The van der Waals surface area contributed by atoms with Crippen molar-refractivity contribution in [1.29, 1.82) is 0 Å². The van der Waals surface area contributed by atoms with Crippen LogP contribution in [-0.4, -0.2) is 76.4 Å². The van der Waals surface area contributed by atoms with Gasteiger partial charge in [0.2, 0.25) is 6.41 Å². The summed E-state index contributed by atoms with van der Waals surface area (Å²) in [4.78, 5) is 66.8. The zero-order valence-corrected chi connectivity index (χ0v) is 30.7. The lowest BCUT2D eigenvalue weighted by atomic mass is 10.0. The number of anilines is 1. The number of ether oxygens (including phenoxy) is 3. The fourth-order valence-electron chi connectivity index (χ4n) is 5.48. The summed E-state index contributed by atoms with van der Waals surface area (Å²) in [5.74, 6) is -1.01. The van der Waals surface area contributed by atoms with E-state index in [0.29, 0.717) is 23.6 Å². The molecule has 15 heteroatoms. The van der Waals surface area contributed by atoms with E-state index in [1.165, 1.54) is 28.7 Å². The van der Waals surface area contributed by atoms with E-state index in [9.17, 15) is 24.0 Å². The molecule has 1 aromatic heterocycles. The summed E-state index contributed by atoms with van der Waals surface area (Å²) in [6.45, 7) is 5.05. The number of alkyl carbamates (subject to hydrolysis) is 1. The van der Waals surface area contributed by atoms with Crippen molar-refractivity contribution in [2.24, 2.45) is 7.05 Å². The number of halogens is 1. The van der Waals surface area contributed by atoms with Gasteiger partial charge >= 0.3 is 18.0 Å². The molecule has 1 unspecified atom stereocenters. The van der Waals surface area contributed by atoms with Crippen molar-refractivity contribution in [3.05, 3.63) is 95.3 Å². The molecule has 2 aromatic carbocycles. The quantitative estimate of drug-likeness (QED) is 0.0701. The number of benzene rings is 2. The first kappa shape index (κ1) is 37.4. The minimum Gasteiger partial charge on any atom is -1.00 e. The lowest BCUT2D eigenvalue weighted by Crippen LogP contribution is -3.00. The number of amides is 3. The number of carbonyl (C=O) groups excluding carboxylic acids is 5. The van der Waals surface area contributed by atoms with E-state index >= 15 is 0 Å². The topological polar surface area (TPSA) is 140 Å². The minimum atomic E-state index is -0.901. The second kappa shape index (κ2) is 15.9. The first-order chi connectivity index (χ1) is 22.9. The highest BCUT2D eigenvalue weighted by Gasteiger charge is 2.55. The molecule has 260 valence electrons. The maximum Gasteiger partial charge on any atom is 0.408 e. The molecular formula is C34H38IN5O8S. The number of rotatable bonds is 11. The maximum atomic E-state index is 14.3. The summed E-state index contributed by atoms with van der Waals surface area (Å²) in [5, 5.41) is 2.09. The Balaban J connectivity index is 0.00000541. The Morgan fingerprint density at radius 1 is 1.06 bits per heavy atom. The SMILES string of the molecule is COC(=O)CN(C=O)c1cc[n+](CC2=C(C(=O)OC(c3ccccc3)c3ccccc3)N3C(=O)C(NC(=O)OC(C)(C)C)[C@H]3SC2)n1C.[I-]. The van der Waals surface area contributed by atoms with E-state index in [1.807, 2.05) is 60.7 Å². The van der Waals surface area contributed by atoms with Crippen LogP contribution in [0.25, 0.3) is 0 Å². The van der Waals surface area contributed by atoms with Crippen LogP contribution in [0.4, 0.5) is 10.6 Å². The molecule has 3 aromatic rings. The fraction of sp³-hybridized carbons (Fsp3) is 0.353. The molecular weight excluding hydrogens is 765 g/mol. The Kier molecular flexibility index (Phi) is 12.1. The van der Waals surface area contributed by atoms with Crippen LogP contribution in [0.2, 0.25) is 0 Å². The minimum absolute atomic E-state index is 0. The Morgan fingerprint density at radius 2 is 1.67 bits per heavy atom. The third kappa shape index (κ3) is 8.44. The van der Waals surface area contributed by atoms with Crippen molar-refractivity contribution in [2.45, 2.75) is 50.4 Å². The number of nitrogens with one attached hydrogen (secondary N) is 1. The Hall–Kier alpha value is -4.38. The number of hydrogen-bond acceptors (Lipinski definition) is 9. The van der Waals surface area contributed by atoms with Gasteiger partial charge in [-0.05, 0) is 31.9 Å². The Labute approximate surface area is 305 Å². The highest BCUT2D eigenvalue weighted by Crippen LogP contribution is 2.42. The van der Waals surface area contributed by atoms with Gasteiger partial charge in [0.15, 0.2) is 24.7 Å². The number of esters is 2. The first-order valence-electron chi connectivity index (χ1n) is 15.2. The van der Waals surface area contributed by atoms with Gasteiger partial charge in [0.05, 0.1) is 20.2 Å². The number of carbonyl (C=O) groups is 5. The van der Waals surface area contributed by atoms with Crippen LogP contribution < -0.4 is 38.9 Å². The third-order valence-electron chi connectivity index (χ3n) is 7.76. The van der Waals surface area contributed by atoms with Crippen LogP contribution in [0.15, 0.2) is 84.2 Å². The number of thioether (sulfide) groups is 1. The van der Waals surface area contributed by atoms with Crippen LogP contribution in [0.1, 0.15) is 38.0 Å². The molecule has 3 heterocycles. The molecule has 1 fully saturated rings. The van der Waals surface area contributed by atoms with Crippen LogP contribution >= 0.6 is 11.8 Å². The van der Waals surface area contributed by atoms with Gasteiger partial charge in [-0.1, -0.05) is 60.7 Å². The highest BCUT2D eigenvalue weighted by atomic mass is 127. The number of methoxy groups -OCH3 is 1. The lowest BCUT2D eigenvalue weighted by molar-refractivity contribution is -0.765. The molecule has 2 atom stereocenters. The third-order valence-corrected chi connectivity index (χ3v) is 9.10. The molecule has 3 amide bonds. The van der Waals surface area contributed by atoms with E-state index < -0.39 is 47.1 Å². The molecule has 0 bridgehead atoms. The lowest BCUT2D eigenvalue weighted by Gasteiger charge is -2.49. The van der Waals surface area contributed by atoms with Crippen LogP contribution in [0.5, 0.6) is 0 Å². The van der Waals surface area contributed by atoms with E-state index in [-0.39, 0.29) is 42.8 Å². The van der Waals surface area contributed by atoms with E-state index in [1.54, 1.807) is 49.4 Å². The molecule has 0 radical (unpaired) electrons. The van der Waals surface area contributed by atoms with Gasteiger partial charge in [0.1, 0.15) is 29.3 Å². The van der Waals surface area contributed by atoms with Crippen LogP contribution in [0.3, 0.4) is 0 Å². The van der Waals surface area contributed by atoms with Gasteiger partial charge in [0, 0.05) is 11.3 Å². The zero-order valence-electron chi connectivity index (χ0n) is 27.7. The molecule has 5 rings (SSSR count). The summed E-state index contributed by atoms with van der Waals surface area (Å²) in [6.07, 6.45) is 0.746. The molecule has 0 saturated carbocycles. The summed E-state index contributed by atoms with van der Waals surface area (Å²) in [7, 11) is 2.94. The number of fused-ring (bicyclic) bond motifs is 1. The molecule has 0 aliphatic carbocycles. The summed E-state index contributed by atoms with van der Waals surface area (Å²) in [5.41, 5.74) is 1.42. The molecule has 2 aliphatic rings. The average Bonchev–Trinajstić information content (AvgIpc) is 3.43. The van der Waals surface area contributed by atoms with Crippen molar-refractivity contribution >= 4 is 47.9 Å². The van der Waals surface area contributed by atoms with Crippen LogP contribution in [-0.2, 0) is 47.0 Å². The van der Waals surface area contributed by atoms with E-state index in [2.05, 4.69) is 5.32 Å². The fourth-order valence-corrected chi connectivity index (χ4v) is 6.81. The van der Waals surface area contributed by atoms with Crippen molar-refractivity contribution in [3.8, 4) is 0 Å². The largest absolute Gasteiger partial charge is 1.00 e. The number of hydrogen-bond donors (Lipinski definition) is 1. The van der Waals surface area contributed by atoms with Crippen molar-refractivity contribution < 1.29 is 66.8 Å². The number of β-lactam (4-membered cyclic amide) rings is 1. The standard InChI is InChI=1S/C34H37N5O8S.HI/c1-34(2,3)47-33(44)35-27-30(42)39-28(32(43)46-29(22-12-8-6-9-13-22)23-14-10-7-11-15-23)24(20-48-31(27)39)18-38-17-16-25(36(38)4)37(21-40)19-26(41)45-5;/h6-17,21,27,29,31H,18-20H2,1-5H3;1H/t27?,31-;/m1./s1. The van der Waals surface area contributed by atoms with Gasteiger partial charge in [-0.2, -0.15) is 0 Å². The zero-order chi connectivity index (χ0) is 34.6. The molecule has 0 spiro atoms. The Morgan fingerprint density at radius 3 is 2.22 bits per heavy atom. The molecule has 13 nitrogen and oxygen atoms in total. The second-order valence-electron chi connectivity index (χ2n) is 12.2. The van der Waals surface area contributed by atoms with Gasteiger partial charge < -0.3 is 43.5 Å². The number of aromatic nitrogens is 2. The van der Waals surface area contributed by atoms with Crippen LogP contribution in [0, 0.1) is 0 Å². The van der Waals surface area contributed by atoms with E-state index in [4.69, 9.17) is 14.2 Å².